The molecule has 11 heteroatoms. The Labute approximate surface area is 507 Å². The van der Waals surface area contributed by atoms with Gasteiger partial charge in [0.05, 0.1) is 25.4 Å². The van der Waals surface area contributed by atoms with Crippen LogP contribution in [0.3, 0.4) is 0 Å². The standard InChI is InChI=1S/C72H125NO10/c1-4-7-10-13-16-19-22-25-27-28-29-30-31-32-33-34-35-36-37-38-39-42-45-48-51-54-57-60-67(77)83-70-69(79)68(78)66(61-74)82-72(70)81-62-63(64(75)58-55-52-49-46-43-40-24-21-18-15-12-9-6-3)73-71(80)65(76)59-56-53-50-47-44-41-26-23-20-17-14-11-8-5-2/h7,10,16-17,19-20,23,25-27,29-30,32-33,55,58,63-66,68-70,72,74-76,78-79H,4-6,8-9,11-15,18,21-22,24,28,31,34-54,56-57,59-62H2,1-3H3,(H,73,80)/b10-7-,19-16-,20-17+,26-23+,27-25-,30-29-,33-32-,58-55+. The zero-order chi connectivity index (χ0) is 60.3. The van der Waals surface area contributed by atoms with Crippen molar-refractivity contribution in [1.29, 1.82) is 0 Å². The van der Waals surface area contributed by atoms with Crippen molar-refractivity contribution in [2.24, 2.45) is 0 Å². The van der Waals surface area contributed by atoms with Gasteiger partial charge in [-0.3, -0.25) is 9.59 Å². The molecule has 1 fully saturated rings. The van der Waals surface area contributed by atoms with Gasteiger partial charge in [-0.15, -0.1) is 0 Å². The molecule has 0 aliphatic carbocycles. The number of rotatable bonds is 57. The van der Waals surface area contributed by atoms with Gasteiger partial charge in [-0.2, -0.15) is 0 Å². The zero-order valence-corrected chi connectivity index (χ0v) is 53.0. The van der Waals surface area contributed by atoms with E-state index in [9.17, 15) is 35.1 Å². The molecule has 1 aliphatic rings. The van der Waals surface area contributed by atoms with Crippen LogP contribution in [0.25, 0.3) is 0 Å². The van der Waals surface area contributed by atoms with Crippen molar-refractivity contribution in [1.82, 2.24) is 5.32 Å². The summed E-state index contributed by atoms with van der Waals surface area (Å²) in [4.78, 5) is 26.6. The van der Waals surface area contributed by atoms with Crippen LogP contribution in [0.2, 0.25) is 0 Å². The quantitative estimate of drug-likeness (QED) is 0.0149. The van der Waals surface area contributed by atoms with Crippen molar-refractivity contribution in [2.75, 3.05) is 13.2 Å². The van der Waals surface area contributed by atoms with E-state index in [-0.39, 0.29) is 19.4 Å². The van der Waals surface area contributed by atoms with Crippen LogP contribution in [0.1, 0.15) is 284 Å². The monoisotopic (exact) mass is 1160 g/mol. The van der Waals surface area contributed by atoms with Crippen LogP contribution >= 0.6 is 0 Å². The molecular weight excluding hydrogens is 1040 g/mol. The maximum absolute atomic E-state index is 13.4. The Morgan fingerprint density at radius 3 is 1.40 bits per heavy atom. The number of hydrogen-bond acceptors (Lipinski definition) is 10. The Bertz CT molecular complexity index is 1720. The number of carbonyl (C=O) groups is 2. The smallest absolute Gasteiger partial charge is 0.306 e. The third kappa shape index (κ3) is 46.5. The highest BCUT2D eigenvalue weighted by atomic mass is 16.7. The molecule has 1 saturated heterocycles. The highest BCUT2D eigenvalue weighted by Crippen LogP contribution is 2.26. The minimum atomic E-state index is -1.62. The van der Waals surface area contributed by atoms with Crippen LogP contribution in [0, 0.1) is 0 Å². The fraction of sp³-hybridized carbons (Fsp3) is 0.750. The number of amides is 1. The molecule has 1 rings (SSSR count). The van der Waals surface area contributed by atoms with Crippen LogP contribution in [-0.4, -0.2) is 99.6 Å². The van der Waals surface area contributed by atoms with E-state index in [0.29, 0.717) is 12.8 Å². The lowest BCUT2D eigenvalue weighted by Crippen LogP contribution is -2.61. The maximum atomic E-state index is 13.4. The van der Waals surface area contributed by atoms with Crippen molar-refractivity contribution in [3.63, 3.8) is 0 Å². The number of aliphatic hydroxyl groups is 5. The number of hydrogen-bond donors (Lipinski definition) is 6. The van der Waals surface area contributed by atoms with Crippen LogP contribution in [0.4, 0.5) is 0 Å². The number of unbranched alkanes of at least 4 members (excludes halogenated alkanes) is 30. The fourth-order valence-electron chi connectivity index (χ4n) is 10.1. The summed E-state index contributed by atoms with van der Waals surface area (Å²) in [5.41, 5.74) is 0. The summed E-state index contributed by atoms with van der Waals surface area (Å²) >= 11 is 0. The average Bonchev–Trinajstić information content (AvgIpc) is 3.61. The van der Waals surface area contributed by atoms with Crippen molar-refractivity contribution < 1.29 is 49.3 Å². The van der Waals surface area contributed by atoms with Gasteiger partial charge in [0.1, 0.15) is 24.4 Å². The second-order valence-corrected chi connectivity index (χ2v) is 23.2. The fourth-order valence-corrected chi connectivity index (χ4v) is 10.1. The van der Waals surface area contributed by atoms with Gasteiger partial charge >= 0.3 is 5.97 Å². The van der Waals surface area contributed by atoms with Gasteiger partial charge in [-0.25, -0.2) is 0 Å². The predicted octanol–water partition coefficient (Wildman–Crippen LogP) is 17.1. The molecule has 6 N–H and O–H groups in total. The van der Waals surface area contributed by atoms with Gasteiger partial charge in [0.25, 0.3) is 0 Å². The lowest BCUT2D eigenvalue weighted by molar-refractivity contribution is -0.305. The second kappa shape index (κ2) is 58.9. The number of aliphatic hydroxyl groups excluding tert-OH is 5. The molecule has 0 spiro atoms. The molecule has 1 heterocycles. The number of carbonyl (C=O) groups excluding carboxylic acids is 2. The lowest BCUT2D eigenvalue weighted by Gasteiger charge is -2.41. The first-order chi connectivity index (χ1) is 40.7. The molecule has 0 aromatic carbocycles. The summed E-state index contributed by atoms with van der Waals surface area (Å²) in [5.74, 6) is -1.21. The maximum Gasteiger partial charge on any atom is 0.306 e. The first-order valence-electron chi connectivity index (χ1n) is 34.0. The van der Waals surface area contributed by atoms with Crippen molar-refractivity contribution in [3.05, 3.63) is 97.2 Å². The summed E-state index contributed by atoms with van der Waals surface area (Å²) in [7, 11) is 0. The third-order valence-electron chi connectivity index (χ3n) is 15.5. The van der Waals surface area contributed by atoms with Crippen molar-refractivity contribution in [3.8, 4) is 0 Å². The Morgan fingerprint density at radius 1 is 0.494 bits per heavy atom. The number of esters is 1. The molecule has 1 aliphatic heterocycles. The first-order valence-corrected chi connectivity index (χ1v) is 34.0. The minimum Gasteiger partial charge on any atom is -0.454 e. The van der Waals surface area contributed by atoms with Crippen molar-refractivity contribution >= 4 is 11.9 Å². The number of allylic oxidation sites excluding steroid dienone is 15. The second-order valence-electron chi connectivity index (χ2n) is 23.2. The van der Waals surface area contributed by atoms with E-state index in [4.69, 9.17) is 14.2 Å². The number of nitrogens with one attached hydrogen (secondary N) is 1. The molecule has 0 bridgehead atoms. The predicted molar refractivity (Wildman–Crippen MR) is 347 cm³/mol. The van der Waals surface area contributed by atoms with Crippen LogP contribution in [0.5, 0.6) is 0 Å². The Morgan fingerprint density at radius 2 is 0.904 bits per heavy atom. The van der Waals surface area contributed by atoms with Gasteiger partial charge in [-0.1, -0.05) is 279 Å². The topological polar surface area (TPSA) is 175 Å². The summed E-state index contributed by atoms with van der Waals surface area (Å²) in [6.07, 6.45) is 68.7. The zero-order valence-electron chi connectivity index (χ0n) is 53.0. The third-order valence-corrected chi connectivity index (χ3v) is 15.5. The van der Waals surface area contributed by atoms with Gasteiger partial charge in [0.15, 0.2) is 12.4 Å². The largest absolute Gasteiger partial charge is 0.454 e. The minimum absolute atomic E-state index is 0.114. The van der Waals surface area contributed by atoms with E-state index < -0.39 is 67.4 Å². The number of ether oxygens (including phenoxy) is 3. The lowest BCUT2D eigenvalue weighted by atomic mass is 9.99. The molecule has 8 atom stereocenters. The summed E-state index contributed by atoms with van der Waals surface area (Å²) in [6.45, 7) is 5.65. The molecule has 83 heavy (non-hydrogen) atoms. The highest BCUT2D eigenvalue weighted by Gasteiger charge is 2.47. The molecule has 8 unspecified atom stereocenters. The Hall–Kier alpha value is -3.42. The van der Waals surface area contributed by atoms with E-state index in [2.05, 4.69) is 111 Å². The summed E-state index contributed by atoms with van der Waals surface area (Å²) in [6, 6.07) is -1.03. The Balaban J connectivity index is 2.58. The average molecular weight is 1160 g/mol. The molecule has 0 aromatic rings. The molecule has 0 saturated carbocycles. The molecule has 11 nitrogen and oxygen atoms in total. The van der Waals surface area contributed by atoms with Gasteiger partial charge in [0.2, 0.25) is 5.91 Å². The van der Waals surface area contributed by atoms with Gasteiger partial charge in [0, 0.05) is 6.42 Å². The first kappa shape index (κ1) is 77.6. The molecule has 1 amide bonds. The normalized spacial score (nSPS) is 19.2. The van der Waals surface area contributed by atoms with E-state index >= 15 is 0 Å². The van der Waals surface area contributed by atoms with E-state index in [1.165, 1.54) is 122 Å². The van der Waals surface area contributed by atoms with E-state index in [1.807, 2.05) is 6.08 Å². The summed E-state index contributed by atoms with van der Waals surface area (Å²) in [5, 5.41) is 57.1. The highest BCUT2D eigenvalue weighted by molar-refractivity contribution is 5.80. The summed E-state index contributed by atoms with van der Waals surface area (Å²) < 4.78 is 17.7. The van der Waals surface area contributed by atoms with E-state index in [1.54, 1.807) is 6.08 Å². The molecular formula is C72H125NO10. The van der Waals surface area contributed by atoms with Crippen LogP contribution < -0.4 is 5.32 Å². The van der Waals surface area contributed by atoms with Gasteiger partial charge in [-0.05, 0) is 96.3 Å². The molecule has 0 radical (unpaired) electrons. The van der Waals surface area contributed by atoms with Crippen LogP contribution in [0.15, 0.2) is 97.2 Å². The van der Waals surface area contributed by atoms with Crippen LogP contribution in [-0.2, 0) is 23.8 Å². The Kier molecular flexibility index (Phi) is 55.1. The SMILES string of the molecule is CC/C=C\C/C=C\C/C=C\C/C=C\C/C=C\CCCCCCCCCCCCCC(=O)OC1C(OCC(NC(=O)C(O)CCCCCCC/C=C/C=C/CCCCC)C(O)/C=C/CCCCCCCCCCCCC)OC(CO)C(O)C1O. The van der Waals surface area contributed by atoms with Crippen molar-refractivity contribution in [2.45, 2.75) is 333 Å². The molecule has 478 valence electrons. The van der Waals surface area contributed by atoms with Gasteiger partial charge < -0.3 is 45.1 Å². The molecule has 0 aromatic heterocycles. The van der Waals surface area contributed by atoms with E-state index in [0.717, 1.165) is 116 Å².